The van der Waals surface area contributed by atoms with Gasteiger partial charge in [0.15, 0.2) is 0 Å². The van der Waals surface area contributed by atoms with Gasteiger partial charge in [-0.25, -0.2) is 0 Å². The van der Waals surface area contributed by atoms with Crippen LogP contribution in [0.1, 0.15) is 0 Å². The van der Waals surface area contributed by atoms with E-state index in [1.54, 1.807) is 0 Å². The highest BCUT2D eigenvalue weighted by atomic mass is 79.9. The number of benzene rings is 2. The van der Waals surface area contributed by atoms with Crippen molar-refractivity contribution in [2.75, 3.05) is 5.32 Å². The normalized spacial score (nSPS) is 11.7. The Kier molecular flexibility index (Phi) is 3.01. The molecule has 0 fully saturated rings. The van der Waals surface area contributed by atoms with Crippen LogP contribution < -0.4 is 16.8 Å². The van der Waals surface area contributed by atoms with Crippen molar-refractivity contribution in [1.82, 2.24) is 0 Å². The van der Waals surface area contributed by atoms with Crippen molar-refractivity contribution in [1.29, 1.82) is 0 Å². The molecule has 16 heavy (non-hydrogen) atoms. The molecule has 2 aromatic carbocycles. The van der Waals surface area contributed by atoms with E-state index in [-0.39, 0.29) is 0 Å². The smallest absolute Gasteiger partial charge is 0.116 e. The molecule has 0 amide bonds. The van der Waals surface area contributed by atoms with Crippen LogP contribution in [0.15, 0.2) is 52.9 Å². The SMILES string of the molecule is N/C=C(\N)Nc1ccc2cc(Br)ccc2c1. The van der Waals surface area contributed by atoms with E-state index in [9.17, 15) is 0 Å². The molecule has 0 radical (unpaired) electrons. The number of anilines is 1. The standard InChI is InChI=1S/C12H12BrN3/c13-10-3-1-9-6-11(16-12(15)7-14)4-2-8(9)5-10/h1-7,16H,14-15H2/b12-7+. The second-order valence-corrected chi connectivity index (χ2v) is 4.37. The van der Waals surface area contributed by atoms with E-state index >= 15 is 0 Å². The minimum Gasteiger partial charge on any atom is -0.402 e. The van der Waals surface area contributed by atoms with Crippen LogP contribution in [0, 0.1) is 0 Å². The molecule has 0 unspecified atom stereocenters. The number of hydrogen-bond donors (Lipinski definition) is 3. The lowest BCUT2D eigenvalue weighted by Gasteiger charge is -2.07. The Hall–Kier alpha value is -1.68. The summed E-state index contributed by atoms with van der Waals surface area (Å²) in [6.07, 6.45) is 1.34. The van der Waals surface area contributed by atoms with Crippen molar-refractivity contribution in [3.8, 4) is 0 Å². The number of nitrogens with two attached hydrogens (primary N) is 2. The molecule has 0 heterocycles. The number of fused-ring (bicyclic) bond motifs is 1. The summed E-state index contributed by atoms with van der Waals surface area (Å²) in [4.78, 5) is 0. The summed E-state index contributed by atoms with van der Waals surface area (Å²) in [5.41, 5.74) is 11.8. The van der Waals surface area contributed by atoms with Gasteiger partial charge in [0.05, 0.1) is 0 Å². The third kappa shape index (κ3) is 2.28. The summed E-state index contributed by atoms with van der Waals surface area (Å²) < 4.78 is 1.07. The Labute approximate surface area is 102 Å². The van der Waals surface area contributed by atoms with Crippen LogP contribution in [-0.2, 0) is 0 Å². The largest absolute Gasteiger partial charge is 0.402 e. The Morgan fingerprint density at radius 3 is 2.56 bits per heavy atom. The number of rotatable bonds is 2. The topological polar surface area (TPSA) is 64.1 Å². The van der Waals surface area contributed by atoms with E-state index < -0.39 is 0 Å². The first-order valence-corrected chi connectivity index (χ1v) is 5.62. The highest BCUT2D eigenvalue weighted by Gasteiger charge is 1.97. The van der Waals surface area contributed by atoms with Crippen LogP contribution in [-0.4, -0.2) is 0 Å². The van der Waals surface area contributed by atoms with Gasteiger partial charge in [0, 0.05) is 16.4 Å². The summed E-state index contributed by atoms with van der Waals surface area (Å²) in [6, 6.07) is 12.2. The zero-order chi connectivity index (χ0) is 11.5. The van der Waals surface area contributed by atoms with Crippen LogP contribution in [0.2, 0.25) is 0 Å². The van der Waals surface area contributed by atoms with Gasteiger partial charge < -0.3 is 16.8 Å². The molecule has 82 valence electrons. The Morgan fingerprint density at radius 2 is 1.81 bits per heavy atom. The van der Waals surface area contributed by atoms with Gasteiger partial charge in [-0.15, -0.1) is 0 Å². The molecule has 3 nitrogen and oxygen atoms in total. The van der Waals surface area contributed by atoms with Gasteiger partial charge >= 0.3 is 0 Å². The Balaban J connectivity index is 2.41. The van der Waals surface area contributed by atoms with E-state index in [0.717, 1.165) is 15.5 Å². The van der Waals surface area contributed by atoms with Crippen LogP contribution in [0.4, 0.5) is 5.69 Å². The molecule has 0 spiro atoms. The monoisotopic (exact) mass is 277 g/mol. The predicted molar refractivity (Wildman–Crippen MR) is 71.7 cm³/mol. The summed E-state index contributed by atoms with van der Waals surface area (Å²) in [6.45, 7) is 0. The molecular weight excluding hydrogens is 266 g/mol. The third-order valence-corrected chi connectivity index (χ3v) is 2.76. The first kappa shape index (κ1) is 10.8. The van der Waals surface area contributed by atoms with Gasteiger partial charge in [0.25, 0.3) is 0 Å². The lowest BCUT2D eigenvalue weighted by atomic mass is 10.1. The summed E-state index contributed by atoms with van der Waals surface area (Å²) in [5, 5.41) is 5.33. The molecule has 0 bridgehead atoms. The van der Waals surface area contributed by atoms with E-state index in [0.29, 0.717) is 5.82 Å². The predicted octanol–water partition coefficient (Wildman–Crippen LogP) is 2.73. The molecule has 0 atom stereocenters. The fourth-order valence-electron chi connectivity index (χ4n) is 1.50. The van der Waals surface area contributed by atoms with Crippen LogP contribution in [0.3, 0.4) is 0 Å². The van der Waals surface area contributed by atoms with Gasteiger partial charge in [0.2, 0.25) is 0 Å². The average molecular weight is 278 g/mol. The number of halogens is 1. The van der Waals surface area contributed by atoms with Crippen molar-refractivity contribution in [2.24, 2.45) is 11.5 Å². The summed E-state index contributed by atoms with van der Waals surface area (Å²) in [7, 11) is 0. The van der Waals surface area contributed by atoms with Crippen LogP contribution in [0.5, 0.6) is 0 Å². The minimum atomic E-state index is 0.441. The quantitative estimate of drug-likeness (QED) is 0.791. The molecule has 0 aliphatic rings. The highest BCUT2D eigenvalue weighted by molar-refractivity contribution is 9.10. The van der Waals surface area contributed by atoms with Gasteiger partial charge in [-0.2, -0.15) is 0 Å². The van der Waals surface area contributed by atoms with Crippen molar-refractivity contribution in [3.05, 3.63) is 52.9 Å². The van der Waals surface area contributed by atoms with Gasteiger partial charge in [-0.3, -0.25) is 0 Å². The third-order valence-electron chi connectivity index (χ3n) is 2.27. The molecule has 2 aromatic rings. The molecule has 2 rings (SSSR count). The molecule has 0 saturated carbocycles. The van der Waals surface area contributed by atoms with Gasteiger partial charge in [-0.05, 0) is 35.0 Å². The Morgan fingerprint density at radius 1 is 1.12 bits per heavy atom. The second kappa shape index (κ2) is 4.45. The highest BCUT2D eigenvalue weighted by Crippen LogP contribution is 2.23. The van der Waals surface area contributed by atoms with Gasteiger partial charge in [0.1, 0.15) is 5.82 Å². The maximum Gasteiger partial charge on any atom is 0.116 e. The van der Waals surface area contributed by atoms with Crippen molar-refractivity contribution in [2.45, 2.75) is 0 Å². The molecule has 0 aliphatic carbocycles. The zero-order valence-corrected chi connectivity index (χ0v) is 10.2. The summed E-state index contributed by atoms with van der Waals surface area (Å²) in [5.74, 6) is 0.441. The molecule has 0 saturated heterocycles. The van der Waals surface area contributed by atoms with E-state index in [1.807, 2.05) is 30.3 Å². The van der Waals surface area contributed by atoms with Crippen molar-refractivity contribution in [3.63, 3.8) is 0 Å². The molecule has 5 N–H and O–H groups in total. The van der Waals surface area contributed by atoms with Crippen molar-refractivity contribution >= 4 is 32.4 Å². The number of nitrogens with one attached hydrogen (secondary N) is 1. The lowest BCUT2D eigenvalue weighted by Crippen LogP contribution is -2.10. The number of hydrogen-bond acceptors (Lipinski definition) is 3. The van der Waals surface area contributed by atoms with E-state index in [4.69, 9.17) is 11.5 Å². The van der Waals surface area contributed by atoms with E-state index in [1.165, 1.54) is 11.6 Å². The minimum absolute atomic E-state index is 0.441. The molecule has 0 aromatic heterocycles. The maximum absolute atomic E-state index is 5.59. The first-order chi connectivity index (χ1) is 7.69. The van der Waals surface area contributed by atoms with Crippen LogP contribution in [0.25, 0.3) is 10.8 Å². The first-order valence-electron chi connectivity index (χ1n) is 4.83. The van der Waals surface area contributed by atoms with E-state index in [2.05, 4.69) is 27.3 Å². The van der Waals surface area contributed by atoms with Crippen molar-refractivity contribution < 1.29 is 0 Å². The zero-order valence-electron chi connectivity index (χ0n) is 8.57. The average Bonchev–Trinajstić information content (AvgIpc) is 2.29. The van der Waals surface area contributed by atoms with Crippen LogP contribution >= 0.6 is 15.9 Å². The Bertz CT molecular complexity index is 549. The molecule has 0 aliphatic heterocycles. The van der Waals surface area contributed by atoms with Gasteiger partial charge in [-0.1, -0.05) is 28.1 Å². The molecular formula is C12H12BrN3. The lowest BCUT2D eigenvalue weighted by molar-refractivity contribution is 1.28. The maximum atomic E-state index is 5.59. The second-order valence-electron chi connectivity index (χ2n) is 3.45. The fourth-order valence-corrected chi connectivity index (χ4v) is 1.88. The summed E-state index contributed by atoms with van der Waals surface area (Å²) >= 11 is 3.44. The molecule has 4 heteroatoms. The fraction of sp³-hybridized carbons (Fsp3) is 0.